The number of carbonyl (C=O) groups excluding carboxylic acids is 1. The standard InChI is InChI=1S/C11H11Br3N2O3/c1-2-8(10(17)18)15-11(19)16-9-6(13)3-5(12)4-7(9)14/h3-4,8H,2H2,1H3,(H,17,18)(H2,15,16,19). The third-order valence-corrected chi connectivity index (χ3v) is 3.97. The second kappa shape index (κ2) is 7.25. The molecule has 2 amide bonds. The smallest absolute Gasteiger partial charge is 0.326 e. The Hall–Kier alpha value is -0.600. The van der Waals surface area contributed by atoms with Gasteiger partial charge in [0.2, 0.25) is 0 Å². The molecule has 0 spiro atoms. The van der Waals surface area contributed by atoms with Crippen molar-refractivity contribution in [2.45, 2.75) is 19.4 Å². The summed E-state index contributed by atoms with van der Waals surface area (Å²) in [7, 11) is 0. The highest BCUT2D eigenvalue weighted by Gasteiger charge is 2.18. The third kappa shape index (κ3) is 4.77. The molecule has 0 fully saturated rings. The van der Waals surface area contributed by atoms with Gasteiger partial charge in [-0.3, -0.25) is 0 Å². The molecule has 0 aromatic heterocycles. The second-order valence-electron chi connectivity index (χ2n) is 3.64. The van der Waals surface area contributed by atoms with Crippen LogP contribution in [-0.2, 0) is 4.79 Å². The molecule has 19 heavy (non-hydrogen) atoms. The van der Waals surface area contributed by atoms with E-state index in [0.717, 1.165) is 4.47 Å². The molecule has 1 aromatic rings. The van der Waals surface area contributed by atoms with Crippen molar-refractivity contribution >= 4 is 65.5 Å². The van der Waals surface area contributed by atoms with Gasteiger partial charge in [-0.15, -0.1) is 0 Å². The molecule has 0 aliphatic rings. The predicted octanol–water partition coefficient (Wildman–Crippen LogP) is 3.96. The summed E-state index contributed by atoms with van der Waals surface area (Å²) in [4.78, 5) is 22.6. The van der Waals surface area contributed by atoms with Gasteiger partial charge in [-0.25, -0.2) is 9.59 Å². The van der Waals surface area contributed by atoms with Gasteiger partial charge in [0.1, 0.15) is 6.04 Å². The minimum atomic E-state index is -1.06. The molecule has 1 rings (SSSR count). The number of rotatable bonds is 4. The molecule has 1 aromatic carbocycles. The van der Waals surface area contributed by atoms with Gasteiger partial charge in [0, 0.05) is 13.4 Å². The van der Waals surface area contributed by atoms with Crippen LogP contribution >= 0.6 is 47.8 Å². The molecule has 0 heterocycles. The lowest BCUT2D eigenvalue weighted by atomic mass is 10.2. The maximum absolute atomic E-state index is 11.7. The maximum atomic E-state index is 11.7. The average molecular weight is 459 g/mol. The molecule has 5 nitrogen and oxygen atoms in total. The molecule has 3 N–H and O–H groups in total. The number of amides is 2. The van der Waals surface area contributed by atoms with Crippen molar-refractivity contribution in [1.82, 2.24) is 5.32 Å². The molecule has 0 saturated carbocycles. The van der Waals surface area contributed by atoms with E-state index in [9.17, 15) is 9.59 Å². The summed E-state index contributed by atoms with van der Waals surface area (Å²) < 4.78 is 2.19. The van der Waals surface area contributed by atoms with E-state index in [-0.39, 0.29) is 0 Å². The highest BCUT2D eigenvalue weighted by molar-refractivity contribution is 9.11. The average Bonchev–Trinajstić information content (AvgIpc) is 2.30. The van der Waals surface area contributed by atoms with Crippen LogP contribution in [0.3, 0.4) is 0 Å². The largest absolute Gasteiger partial charge is 0.480 e. The van der Waals surface area contributed by atoms with Crippen LogP contribution in [0.2, 0.25) is 0 Å². The summed E-state index contributed by atoms with van der Waals surface area (Å²) in [5, 5.41) is 13.8. The first-order valence-corrected chi connectivity index (χ1v) is 7.68. The van der Waals surface area contributed by atoms with E-state index in [1.807, 2.05) is 0 Å². The minimum absolute atomic E-state index is 0.311. The van der Waals surface area contributed by atoms with E-state index < -0.39 is 18.0 Å². The van der Waals surface area contributed by atoms with Gasteiger partial charge in [-0.1, -0.05) is 22.9 Å². The van der Waals surface area contributed by atoms with Crippen LogP contribution in [0, 0.1) is 0 Å². The van der Waals surface area contributed by atoms with Gasteiger partial charge in [0.15, 0.2) is 0 Å². The van der Waals surface area contributed by atoms with Gasteiger partial charge in [-0.2, -0.15) is 0 Å². The highest BCUT2D eigenvalue weighted by atomic mass is 79.9. The summed E-state index contributed by atoms with van der Waals surface area (Å²) in [6, 6.07) is 2.06. The minimum Gasteiger partial charge on any atom is -0.480 e. The Morgan fingerprint density at radius 1 is 1.26 bits per heavy atom. The number of urea groups is 1. The lowest BCUT2D eigenvalue weighted by Crippen LogP contribution is -2.42. The molecule has 104 valence electrons. The highest BCUT2D eigenvalue weighted by Crippen LogP contribution is 2.34. The number of carboxylic acids is 1. The number of hydrogen-bond donors (Lipinski definition) is 3. The fourth-order valence-electron chi connectivity index (χ4n) is 1.31. The zero-order valence-electron chi connectivity index (χ0n) is 9.84. The Morgan fingerprint density at radius 3 is 2.21 bits per heavy atom. The fourth-order valence-corrected chi connectivity index (χ4v) is 3.76. The lowest BCUT2D eigenvalue weighted by molar-refractivity contribution is -0.139. The summed E-state index contributed by atoms with van der Waals surface area (Å²) >= 11 is 9.96. The van der Waals surface area contributed by atoms with E-state index in [1.165, 1.54) is 0 Å². The number of halogens is 3. The van der Waals surface area contributed by atoms with Crippen LogP contribution in [0.4, 0.5) is 10.5 Å². The predicted molar refractivity (Wildman–Crippen MR) is 83.4 cm³/mol. The first-order chi connectivity index (χ1) is 8.85. The zero-order valence-corrected chi connectivity index (χ0v) is 14.6. The number of nitrogens with one attached hydrogen (secondary N) is 2. The molecule has 0 aliphatic carbocycles. The summed E-state index contributed by atoms with van der Waals surface area (Å²) in [5.41, 5.74) is 0.529. The zero-order chi connectivity index (χ0) is 14.6. The molecule has 1 atom stereocenters. The molecule has 0 saturated heterocycles. The van der Waals surface area contributed by atoms with Crippen LogP contribution in [0.25, 0.3) is 0 Å². The Morgan fingerprint density at radius 2 is 1.79 bits per heavy atom. The van der Waals surface area contributed by atoms with Crippen molar-refractivity contribution in [2.75, 3.05) is 5.32 Å². The number of aliphatic carboxylic acids is 1. The molecule has 0 radical (unpaired) electrons. The van der Waals surface area contributed by atoms with Crippen LogP contribution in [-0.4, -0.2) is 23.1 Å². The van der Waals surface area contributed by atoms with E-state index in [1.54, 1.807) is 19.1 Å². The van der Waals surface area contributed by atoms with Crippen LogP contribution in [0.1, 0.15) is 13.3 Å². The summed E-state index contributed by atoms with van der Waals surface area (Å²) in [6.07, 6.45) is 0.311. The number of anilines is 1. The van der Waals surface area contributed by atoms with Crippen LogP contribution in [0.5, 0.6) is 0 Å². The number of hydrogen-bond acceptors (Lipinski definition) is 2. The first kappa shape index (κ1) is 16.5. The van der Waals surface area contributed by atoms with Crippen LogP contribution < -0.4 is 10.6 Å². The lowest BCUT2D eigenvalue weighted by Gasteiger charge is -2.15. The summed E-state index contributed by atoms with van der Waals surface area (Å²) in [6.45, 7) is 1.69. The third-order valence-electron chi connectivity index (χ3n) is 2.26. The fraction of sp³-hybridized carbons (Fsp3) is 0.273. The normalized spacial score (nSPS) is 11.8. The first-order valence-electron chi connectivity index (χ1n) is 5.30. The molecule has 8 heteroatoms. The Kier molecular flexibility index (Phi) is 6.28. The Labute approximate surface area is 135 Å². The quantitative estimate of drug-likeness (QED) is 0.639. The van der Waals surface area contributed by atoms with Gasteiger partial charge in [0.25, 0.3) is 0 Å². The van der Waals surface area contributed by atoms with E-state index in [2.05, 4.69) is 58.4 Å². The monoisotopic (exact) mass is 456 g/mol. The van der Waals surface area contributed by atoms with Crippen molar-refractivity contribution in [3.05, 3.63) is 25.6 Å². The van der Waals surface area contributed by atoms with Crippen molar-refractivity contribution < 1.29 is 14.7 Å². The van der Waals surface area contributed by atoms with Crippen molar-refractivity contribution in [1.29, 1.82) is 0 Å². The van der Waals surface area contributed by atoms with Gasteiger partial charge < -0.3 is 15.7 Å². The molecule has 1 unspecified atom stereocenters. The molecular formula is C11H11Br3N2O3. The maximum Gasteiger partial charge on any atom is 0.326 e. The van der Waals surface area contributed by atoms with E-state index in [0.29, 0.717) is 21.1 Å². The van der Waals surface area contributed by atoms with Crippen molar-refractivity contribution in [3.63, 3.8) is 0 Å². The SMILES string of the molecule is CCC(NC(=O)Nc1c(Br)cc(Br)cc1Br)C(=O)O. The van der Waals surface area contributed by atoms with E-state index in [4.69, 9.17) is 5.11 Å². The van der Waals surface area contributed by atoms with Gasteiger partial charge in [0.05, 0.1) is 5.69 Å². The van der Waals surface area contributed by atoms with Crippen molar-refractivity contribution in [2.24, 2.45) is 0 Å². The number of carbonyl (C=O) groups is 2. The van der Waals surface area contributed by atoms with Crippen molar-refractivity contribution in [3.8, 4) is 0 Å². The number of benzene rings is 1. The second-order valence-corrected chi connectivity index (χ2v) is 6.27. The number of carboxylic acid groups (broad SMARTS) is 1. The Balaban J connectivity index is 2.80. The van der Waals surface area contributed by atoms with E-state index >= 15 is 0 Å². The molecule has 0 aliphatic heterocycles. The summed E-state index contributed by atoms with van der Waals surface area (Å²) in [5.74, 6) is -1.06. The van der Waals surface area contributed by atoms with Gasteiger partial charge in [-0.05, 0) is 50.4 Å². The Bertz CT molecular complexity index is 485. The molecule has 0 bridgehead atoms. The van der Waals surface area contributed by atoms with Gasteiger partial charge >= 0.3 is 12.0 Å². The van der Waals surface area contributed by atoms with Crippen LogP contribution in [0.15, 0.2) is 25.6 Å². The topological polar surface area (TPSA) is 78.4 Å². The molecular weight excluding hydrogens is 448 g/mol.